The quantitative estimate of drug-likeness (QED) is 0.905. The van der Waals surface area contributed by atoms with Gasteiger partial charge >= 0.3 is 0 Å². The van der Waals surface area contributed by atoms with Gasteiger partial charge in [-0.1, -0.05) is 0 Å². The fourth-order valence-electron chi connectivity index (χ4n) is 3.24. The number of aromatic nitrogens is 1. The molecule has 1 N–H and O–H groups in total. The fourth-order valence-corrected chi connectivity index (χ4v) is 3.24. The molecule has 0 aromatic carbocycles. The molecular weight excluding hydrogens is 292 g/mol. The summed E-state index contributed by atoms with van der Waals surface area (Å²) in [6.45, 7) is 3.11. The molecule has 6 heteroatoms. The lowest BCUT2D eigenvalue weighted by atomic mass is 10.1. The van der Waals surface area contributed by atoms with E-state index in [1.165, 1.54) is 19.3 Å². The maximum atomic E-state index is 12.2. The summed E-state index contributed by atoms with van der Waals surface area (Å²) in [6, 6.07) is 3.98. The Morgan fingerprint density at radius 1 is 1.35 bits per heavy atom. The van der Waals surface area contributed by atoms with Crippen LogP contribution in [-0.4, -0.2) is 48.4 Å². The van der Waals surface area contributed by atoms with Gasteiger partial charge in [0.25, 0.3) is 0 Å². The minimum Gasteiger partial charge on any atom is -0.357 e. The number of nitrogens with zero attached hydrogens (tertiary/aromatic N) is 3. The summed E-state index contributed by atoms with van der Waals surface area (Å²) in [6.07, 6.45) is 5.84. The maximum Gasteiger partial charge on any atom is 0.225 e. The van der Waals surface area contributed by atoms with E-state index in [9.17, 15) is 9.59 Å². The number of nitrogens with one attached hydrogen (secondary N) is 1. The Morgan fingerprint density at radius 2 is 2.13 bits per heavy atom. The smallest absolute Gasteiger partial charge is 0.225 e. The molecule has 0 spiro atoms. The van der Waals surface area contributed by atoms with Crippen molar-refractivity contribution in [3.8, 4) is 0 Å². The van der Waals surface area contributed by atoms with E-state index >= 15 is 0 Å². The Balaban J connectivity index is 1.56. The van der Waals surface area contributed by atoms with Crippen molar-refractivity contribution in [3.63, 3.8) is 0 Å². The molecule has 0 saturated carbocycles. The topological polar surface area (TPSA) is 65.5 Å². The van der Waals surface area contributed by atoms with Gasteiger partial charge in [0.2, 0.25) is 11.8 Å². The molecule has 0 radical (unpaired) electrons. The van der Waals surface area contributed by atoms with Gasteiger partial charge < -0.3 is 15.1 Å². The van der Waals surface area contributed by atoms with E-state index in [2.05, 4.69) is 21.3 Å². The van der Waals surface area contributed by atoms with Gasteiger partial charge in [-0.15, -0.1) is 0 Å². The molecule has 1 aromatic heterocycles. The largest absolute Gasteiger partial charge is 0.357 e. The lowest BCUT2D eigenvalue weighted by Gasteiger charge is -2.28. The Labute approximate surface area is 136 Å². The van der Waals surface area contributed by atoms with Gasteiger partial charge in [0.15, 0.2) is 0 Å². The number of carbonyl (C=O) groups excluding carboxylic acids is 2. The average molecular weight is 316 g/mol. The summed E-state index contributed by atoms with van der Waals surface area (Å²) in [5.74, 6) is 0.767. The summed E-state index contributed by atoms with van der Waals surface area (Å²) in [7, 11) is 1.74. The van der Waals surface area contributed by atoms with Gasteiger partial charge in [0.05, 0.1) is 5.92 Å². The summed E-state index contributed by atoms with van der Waals surface area (Å²) in [5.41, 5.74) is 1.05. The molecule has 2 saturated heterocycles. The molecule has 1 aromatic rings. The van der Waals surface area contributed by atoms with Crippen LogP contribution in [0, 0.1) is 5.92 Å². The van der Waals surface area contributed by atoms with Gasteiger partial charge in [-0.3, -0.25) is 9.59 Å². The third-order valence-electron chi connectivity index (χ3n) is 4.67. The predicted octanol–water partition coefficient (Wildman–Crippen LogP) is 1.17. The number of pyridine rings is 1. The van der Waals surface area contributed by atoms with Crippen LogP contribution in [0.15, 0.2) is 18.3 Å². The Morgan fingerprint density at radius 3 is 2.83 bits per heavy atom. The summed E-state index contributed by atoms with van der Waals surface area (Å²) in [4.78, 5) is 32.1. The van der Waals surface area contributed by atoms with Gasteiger partial charge in [-0.05, 0) is 37.0 Å². The second-order valence-electron chi connectivity index (χ2n) is 6.46. The van der Waals surface area contributed by atoms with Gasteiger partial charge in [-0.25, -0.2) is 4.98 Å². The molecule has 2 aliphatic heterocycles. The maximum absolute atomic E-state index is 12.2. The lowest BCUT2D eigenvalue weighted by molar-refractivity contribution is -0.128. The van der Waals surface area contributed by atoms with Crippen LogP contribution in [0.2, 0.25) is 0 Å². The van der Waals surface area contributed by atoms with Gasteiger partial charge in [0.1, 0.15) is 5.82 Å². The zero-order valence-corrected chi connectivity index (χ0v) is 13.6. The van der Waals surface area contributed by atoms with Crippen LogP contribution in [0.5, 0.6) is 0 Å². The predicted molar refractivity (Wildman–Crippen MR) is 87.9 cm³/mol. The Bertz CT molecular complexity index is 584. The molecule has 2 aliphatic rings. The number of piperidine rings is 1. The molecule has 0 bridgehead atoms. The number of carbonyl (C=O) groups is 2. The summed E-state index contributed by atoms with van der Waals surface area (Å²) in [5, 5.41) is 2.95. The van der Waals surface area contributed by atoms with Gasteiger partial charge in [-0.2, -0.15) is 0 Å². The first-order chi connectivity index (χ1) is 11.1. The number of anilines is 1. The molecule has 3 rings (SSSR count). The summed E-state index contributed by atoms with van der Waals surface area (Å²) >= 11 is 0. The molecular formula is C17H24N4O2. The van der Waals surface area contributed by atoms with Crippen molar-refractivity contribution in [1.29, 1.82) is 0 Å². The van der Waals surface area contributed by atoms with Crippen molar-refractivity contribution in [2.75, 3.05) is 31.6 Å². The molecule has 6 nitrogen and oxygen atoms in total. The minimum atomic E-state index is -0.226. The van der Waals surface area contributed by atoms with Crippen molar-refractivity contribution in [2.24, 2.45) is 5.92 Å². The third kappa shape index (κ3) is 3.81. The lowest BCUT2D eigenvalue weighted by Crippen LogP contribution is -2.32. The second kappa shape index (κ2) is 6.98. The number of hydrogen-bond donors (Lipinski definition) is 1. The fraction of sp³-hybridized carbons (Fsp3) is 0.588. The minimum absolute atomic E-state index is 0.0426. The number of hydrogen-bond acceptors (Lipinski definition) is 4. The third-order valence-corrected chi connectivity index (χ3v) is 4.67. The highest BCUT2D eigenvalue weighted by molar-refractivity contribution is 5.89. The molecule has 2 amide bonds. The van der Waals surface area contributed by atoms with E-state index in [4.69, 9.17) is 0 Å². The molecule has 124 valence electrons. The first-order valence-electron chi connectivity index (χ1n) is 8.35. The van der Waals surface area contributed by atoms with Crippen LogP contribution in [0.25, 0.3) is 0 Å². The normalized spacial score (nSPS) is 21.6. The number of likely N-dealkylation sites (tertiary alicyclic amines) is 1. The van der Waals surface area contributed by atoms with Crippen LogP contribution in [0.1, 0.15) is 31.2 Å². The zero-order valence-electron chi connectivity index (χ0n) is 13.6. The van der Waals surface area contributed by atoms with Crippen molar-refractivity contribution in [3.05, 3.63) is 23.9 Å². The van der Waals surface area contributed by atoms with Crippen molar-refractivity contribution in [1.82, 2.24) is 15.2 Å². The van der Waals surface area contributed by atoms with Crippen molar-refractivity contribution in [2.45, 2.75) is 32.2 Å². The highest BCUT2D eigenvalue weighted by Crippen LogP contribution is 2.19. The SMILES string of the molecule is CN1C[C@@H](C(=O)NCc2ccnc(N3CCCCC3)c2)CC1=O. The van der Waals surface area contributed by atoms with Gasteiger partial charge in [0, 0.05) is 45.8 Å². The van der Waals surface area contributed by atoms with E-state index in [1.807, 2.05) is 6.07 Å². The van der Waals surface area contributed by atoms with Crippen LogP contribution >= 0.6 is 0 Å². The first kappa shape index (κ1) is 15.8. The van der Waals surface area contributed by atoms with Crippen molar-refractivity contribution < 1.29 is 9.59 Å². The molecule has 1 atom stereocenters. The van der Waals surface area contributed by atoms with E-state index in [1.54, 1.807) is 18.1 Å². The van der Waals surface area contributed by atoms with Crippen LogP contribution in [0.3, 0.4) is 0 Å². The van der Waals surface area contributed by atoms with Crippen molar-refractivity contribution >= 4 is 17.6 Å². The van der Waals surface area contributed by atoms with E-state index in [-0.39, 0.29) is 17.7 Å². The molecule has 23 heavy (non-hydrogen) atoms. The highest BCUT2D eigenvalue weighted by Gasteiger charge is 2.31. The molecule has 2 fully saturated rings. The van der Waals surface area contributed by atoms with E-state index in [0.29, 0.717) is 19.5 Å². The van der Waals surface area contributed by atoms with E-state index < -0.39 is 0 Å². The standard InChI is InChI=1S/C17H24N4O2/c1-20-12-14(10-16(20)22)17(23)19-11-13-5-6-18-15(9-13)21-7-3-2-4-8-21/h5-6,9,14H,2-4,7-8,10-12H2,1H3,(H,19,23)/t14-/m0/s1. The number of rotatable bonds is 4. The second-order valence-corrected chi connectivity index (χ2v) is 6.46. The number of amides is 2. The summed E-state index contributed by atoms with van der Waals surface area (Å²) < 4.78 is 0. The average Bonchev–Trinajstić information content (AvgIpc) is 2.93. The molecule has 0 unspecified atom stereocenters. The highest BCUT2D eigenvalue weighted by atomic mass is 16.2. The van der Waals surface area contributed by atoms with Crippen LogP contribution in [0.4, 0.5) is 5.82 Å². The zero-order chi connectivity index (χ0) is 16.2. The monoisotopic (exact) mass is 316 g/mol. The first-order valence-corrected chi connectivity index (χ1v) is 8.35. The van der Waals surface area contributed by atoms with E-state index in [0.717, 1.165) is 24.5 Å². The Hall–Kier alpha value is -2.11. The molecule has 3 heterocycles. The van der Waals surface area contributed by atoms with Crippen LogP contribution < -0.4 is 10.2 Å². The van der Waals surface area contributed by atoms with Crippen LogP contribution in [-0.2, 0) is 16.1 Å². The Kier molecular flexibility index (Phi) is 4.79. The molecule has 0 aliphatic carbocycles.